The second kappa shape index (κ2) is 10.8. The van der Waals surface area contributed by atoms with Gasteiger partial charge in [0.25, 0.3) is 0 Å². The van der Waals surface area contributed by atoms with Crippen LogP contribution in [0.4, 0.5) is 9.18 Å². The number of piperidine rings is 1. The highest BCUT2D eigenvalue weighted by atomic mass is 127. The number of rotatable bonds is 4. The lowest BCUT2D eigenvalue weighted by Gasteiger charge is -2.31. The Morgan fingerprint density at radius 1 is 1.50 bits per heavy atom. The van der Waals surface area contributed by atoms with Gasteiger partial charge in [-0.2, -0.15) is 5.26 Å². The Morgan fingerprint density at radius 2 is 2.19 bits per heavy atom. The van der Waals surface area contributed by atoms with Gasteiger partial charge in [-0.3, -0.25) is 0 Å². The second-order valence-electron chi connectivity index (χ2n) is 5.72. The molecule has 0 aromatic heterocycles. The predicted molar refractivity (Wildman–Crippen MR) is 107 cm³/mol. The zero-order valence-corrected chi connectivity index (χ0v) is 16.9. The van der Waals surface area contributed by atoms with Crippen LogP contribution < -0.4 is 11.1 Å². The van der Waals surface area contributed by atoms with Gasteiger partial charge in [0, 0.05) is 24.7 Å². The molecule has 0 atom stereocenters. The van der Waals surface area contributed by atoms with E-state index in [1.54, 1.807) is 11.8 Å². The molecule has 7 nitrogen and oxygen atoms in total. The van der Waals surface area contributed by atoms with Gasteiger partial charge < -0.3 is 20.7 Å². The maximum atomic E-state index is 13.7. The fourth-order valence-electron chi connectivity index (χ4n) is 2.61. The highest BCUT2D eigenvalue weighted by Crippen LogP contribution is 2.13. The summed E-state index contributed by atoms with van der Waals surface area (Å²) >= 11 is 0. The Morgan fingerprint density at radius 3 is 2.81 bits per heavy atom. The molecule has 9 heteroatoms. The number of benzene rings is 1. The number of likely N-dealkylation sites (tertiary alicyclic amines) is 1. The lowest BCUT2D eigenvalue weighted by molar-refractivity contribution is 0.0963. The highest BCUT2D eigenvalue weighted by Gasteiger charge is 2.23. The summed E-state index contributed by atoms with van der Waals surface area (Å²) in [5, 5.41) is 11.9. The fourth-order valence-corrected chi connectivity index (χ4v) is 2.61. The molecule has 1 aromatic rings. The molecule has 1 amide bonds. The Labute approximate surface area is 169 Å². The summed E-state index contributed by atoms with van der Waals surface area (Å²) in [6, 6.07) is 6.20. The van der Waals surface area contributed by atoms with E-state index in [0.717, 1.165) is 12.8 Å². The largest absolute Gasteiger partial charge is 0.450 e. The summed E-state index contributed by atoms with van der Waals surface area (Å²) in [6.07, 6.45) is 1.16. The Balaban J connectivity index is 0.00000338. The van der Waals surface area contributed by atoms with Crippen molar-refractivity contribution < 1.29 is 13.9 Å². The molecule has 26 heavy (non-hydrogen) atoms. The molecule has 1 aliphatic rings. The van der Waals surface area contributed by atoms with E-state index >= 15 is 0 Å². The molecule has 1 heterocycles. The number of halogens is 2. The monoisotopic (exact) mass is 475 g/mol. The first-order valence-electron chi connectivity index (χ1n) is 8.20. The van der Waals surface area contributed by atoms with Gasteiger partial charge in [-0.25, -0.2) is 14.2 Å². The van der Waals surface area contributed by atoms with E-state index in [9.17, 15) is 9.18 Å². The first-order chi connectivity index (χ1) is 12.0. The average molecular weight is 475 g/mol. The normalized spacial score (nSPS) is 15.0. The van der Waals surface area contributed by atoms with Crippen LogP contribution in [-0.4, -0.2) is 42.7 Å². The quantitative estimate of drug-likeness (QED) is 0.396. The number of nitrogens with zero attached hydrogens (tertiary/aromatic N) is 3. The van der Waals surface area contributed by atoms with Gasteiger partial charge in [-0.1, -0.05) is 0 Å². The molecular formula is C17H23FIN5O2. The van der Waals surface area contributed by atoms with Crippen LogP contribution in [-0.2, 0) is 11.3 Å². The lowest BCUT2D eigenvalue weighted by atomic mass is 10.1. The van der Waals surface area contributed by atoms with Crippen molar-refractivity contribution in [3.8, 4) is 6.07 Å². The molecule has 1 saturated heterocycles. The van der Waals surface area contributed by atoms with Crippen LogP contribution in [0.1, 0.15) is 30.9 Å². The summed E-state index contributed by atoms with van der Waals surface area (Å²) in [7, 11) is 0. The molecule has 0 bridgehead atoms. The van der Waals surface area contributed by atoms with Crippen molar-refractivity contribution in [3.05, 3.63) is 35.1 Å². The van der Waals surface area contributed by atoms with E-state index in [0.29, 0.717) is 30.8 Å². The van der Waals surface area contributed by atoms with Gasteiger partial charge in [0.15, 0.2) is 5.96 Å². The standard InChI is InChI=1S/C17H22FN5O2.HI/c1-2-25-17(24)23-7-5-14(6-8-23)22-16(20)21-11-13-9-12(10-19)3-4-15(13)18;/h3-4,9,14H,2,5-8,11H2,1H3,(H3,20,21,22);1H. The molecule has 0 spiro atoms. The molecule has 0 aliphatic carbocycles. The molecular weight excluding hydrogens is 452 g/mol. The molecule has 2 rings (SSSR count). The number of nitriles is 1. The molecule has 0 unspecified atom stereocenters. The first kappa shape index (κ1) is 22.0. The number of nitrogens with one attached hydrogen (secondary N) is 1. The van der Waals surface area contributed by atoms with Crippen LogP contribution in [0.15, 0.2) is 23.2 Å². The molecule has 3 N–H and O–H groups in total. The van der Waals surface area contributed by atoms with Crippen molar-refractivity contribution in [1.29, 1.82) is 5.26 Å². The minimum Gasteiger partial charge on any atom is -0.450 e. The summed E-state index contributed by atoms with van der Waals surface area (Å²) < 4.78 is 18.7. The lowest BCUT2D eigenvalue weighted by Crippen LogP contribution is -2.48. The number of ether oxygens (including phenoxy) is 1. The number of hydrogen-bond acceptors (Lipinski definition) is 4. The summed E-state index contributed by atoms with van der Waals surface area (Å²) in [4.78, 5) is 17.4. The van der Waals surface area contributed by atoms with Gasteiger partial charge in [0.1, 0.15) is 5.82 Å². The van der Waals surface area contributed by atoms with Crippen LogP contribution in [0, 0.1) is 17.1 Å². The number of nitrogens with two attached hydrogens (primary N) is 1. The third-order valence-corrected chi connectivity index (χ3v) is 3.97. The van der Waals surface area contributed by atoms with Crippen molar-refractivity contribution in [2.24, 2.45) is 10.7 Å². The topological polar surface area (TPSA) is 104 Å². The van der Waals surface area contributed by atoms with Gasteiger partial charge in [0.2, 0.25) is 0 Å². The van der Waals surface area contributed by atoms with Crippen LogP contribution in [0.3, 0.4) is 0 Å². The van der Waals surface area contributed by atoms with Crippen molar-refractivity contribution >= 4 is 36.0 Å². The maximum absolute atomic E-state index is 13.7. The van der Waals surface area contributed by atoms with Crippen molar-refractivity contribution in [3.63, 3.8) is 0 Å². The molecule has 1 aromatic carbocycles. The summed E-state index contributed by atoms with van der Waals surface area (Å²) in [5.74, 6) is -0.199. The summed E-state index contributed by atoms with van der Waals surface area (Å²) in [6.45, 7) is 3.37. The molecule has 0 radical (unpaired) electrons. The van der Waals surface area contributed by atoms with E-state index in [2.05, 4.69) is 10.3 Å². The van der Waals surface area contributed by atoms with Crippen LogP contribution in [0.5, 0.6) is 0 Å². The van der Waals surface area contributed by atoms with E-state index in [1.807, 2.05) is 6.07 Å². The molecule has 0 saturated carbocycles. The van der Waals surface area contributed by atoms with E-state index in [4.69, 9.17) is 15.7 Å². The number of carbonyl (C=O) groups is 1. The highest BCUT2D eigenvalue weighted by molar-refractivity contribution is 14.0. The van der Waals surface area contributed by atoms with E-state index in [1.165, 1.54) is 18.2 Å². The van der Waals surface area contributed by atoms with Crippen molar-refractivity contribution in [1.82, 2.24) is 10.2 Å². The van der Waals surface area contributed by atoms with Gasteiger partial charge in [-0.15, -0.1) is 24.0 Å². The van der Waals surface area contributed by atoms with Gasteiger partial charge >= 0.3 is 6.09 Å². The zero-order chi connectivity index (χ0) is 18.2. The SMILES string of the molecule is CCOC(=O)N1CCC(NC(N)=NCc2cc(C#N)ccc2F)CC1.I. The van der Waals surface area contributed by atoms with Gasteiger partial charge in [0.05, 0.1) is 24.8 Å². The van der Waals surface area contributed by atoms with Crippen LogP contribution in [0.25, 0.3) is 0 Å². The smallest absolute Gasteiger partial charge is 0.409 e. The first-order valence-corrected chi connectivity index (χ1v) is 8.20. The second-order valence-corrected chi connectivity index (χ2v) is 5.72. The number of guanidine groups is 1. The number of amides is 1. The van der Waals surface area contributed by atoms with E-state index < -0.39 is 5.82 Å². The molecule has 1 aliphatic heterocycles. The number of hydrogen-bond donors (Lipinski definition) is 2. The molecule has 142 valence electrons. The van der Waals surface area contributed by atoms with Crippen LogP contribution in [0.2, 0.25) is 0 Å². The average Bonchev–Trinajstić information content (AvgIpc) is 2.62. The minimum absolute atomic E-state index is 0. The number of aliphatic imine (C=N–C) groups is 1. The predicted octanol–water partition coefficient (Wildman–Crippen LogP) is 2.34. The molecule has 1 fully saturated rings. The summed E-state index contributed by atoms with van der Waals surface area (Å²) in [5.41, 5.74) is 6.56. The van der Waals surface area contributed by atoms with Gasteiger partial charge in [-0.05, 0) is 38.0 Å². The van der Waals surface area contributed by atoms with Crippen LogP contribution >= 0.6 is 24.0 Å². The zero-order valence-electron chi connectivity index (χ0n) is 14.6. The third-order valence-electron chi connectivity index (χ3n) is 3.97. The van der Waals surface area contributed by atoms with Crippen molar-refractivity contribution in [2.45, 2.75) is 32.4 Å². The number of carbonyl (C=O) groups excluding carboxylic acids is 1. The van der Waals surface area contributed by atoms with Crippen molar-refractivity contribution in [2.75, 3.05) is 19.7 Å². The maximum Gasteiger partial charge on any atom is 0.409 e. The fraction of sp³-hybridized carbons (Fsp3) is 0.471. The minimum atomic E-state index is -0.418. The Kier molecular flexibility index (Phi) is 9.12. The third kappa shape index (κ3) is 6.33. The van der Waals surface area contributed by atoms with E-state index in [-0.39, 0.29) is 48.6 Å². The Bertz CT molecular complexity index is 684. The Hall–Kier alpha value is -2.09.